The number of hydrogen-bond acceptors (Lipinski definition) is 5. The highest BCUT2D eigenvalue weighted by atomic mass is 32.2. The molecule has 6 nitrogen and oxygen atoms in total. The maximum atomic E-state index is 12.1. The number of hydrogen-bond donors (Lipinski definition) is 1. The lowest BCUT2D eigenvalue weighted by molar-refractivity contribution is 0.0950. The van der Waals surface area contributed by atoms with Gasteiger partial charge in [-0.3, -0.25) is 4.79 Å². The minimum atomic E-state index is -3.32. The maximum absolute atomic E-state index is 12.1. The van der Waals surface area contributed by atoms with E-state index in [0.29, 0.717) is 16.9 Å². The van der Waals surface area contributed by atoms with Crippen molar-refractivity contribution in [3.05, 3.63) is 54.2 Å². The van der Waals surface area contributed by atoms with Crippen LogP contribution >= 0.6 is 0 Å². The minimum absolute atomic E-state index is 0.0263. The molecule has 1 heterocycles. The fourth-order valence-corrected chi connectivity index (χ4v) is 3.36. The van der Waals surface area contributed by atoms with E-state index in [1.807, 2.05) is 0 Å². The Labute approximate surface area is 135 Å². The van der Waals surface area contributed by atoms with E-state index in [1.165, 1.54) is 13.3 Å². The van der Waals surface area contributed by atoms with E-state index in [-0.39, 0.29) is 24.1 Å². The molecule has 1 aromatic carbocycles. The van der Waals surface area contributed by atoms with Gasteiger partial charge in [0.25, 0.3) is 5.91 Å². The molecule has 7 heteroatoms. The van der Waals surface area contributed by atoms with Gasteiger partial charge in [0.05, 0.1) is 17.8 Å². The number of amides is 1. The van der Waals surface area contributed by atoms with Gasteiger partial charge in [-0.05, 0) is 30.7 Å². The van der Waals surface area contributed by atoms with Gasteiger partial charge >= 0.3 is 0 Å². The van der Waals surface area contributed by atoms with Crippen molar-refractivity contribution < 1.29 is 17.9 Å². The quantitative estimate of drug-likeness (QED) is 0.779. The van der Waals surface area contributed by atoms with Crippen LogP contribution in [0.1, 0.15) is 16.8 Å². The largest absolute Gasteiger partial charge is 0.480 e. The number of carbonyl (C=O) groups is 1. The third-order valence-electron chi connectivity index (χ3n) is 3.19. The van der Waals surface area contributed by atoms with Crippen LogP contribution in [-0.4, -0.2) is 38.7 Å². The standard InChI is InChI=1S/C16H18N2O4S/c1-22-16-14(9-5-10-18-16)15(19)17-11-6-12-23(20,21)13-7-3-2-4-8-13/h2-5,7-10H,6,11-12H2,1H3,(H,17,19). The number of rotatable bonds is 7. The number of nitrogens with one attached hydrogen (secondary N) is 1. The van der Waals surface area contributed by atoms with Crippen LogP contribution in [0.4, 0.5) is 0 Å². The number of methoxy groups -OCH3 is 1. The highest BCUT2D eigenvalue weighted by molar-refractivity contribution is 7.91. The molecular formula is C16H18N2O4S. The number of sulfone groups is 1. The number of ether oxygens (including phenoxy) is 1. The lowest BCUT2D eigenvalue weighted by atomic mass is 10.2. The van der Waals surface area contributed by atoms with E-state index >= 15 is 0 Å². The molecule has 0 spiro atoms. The summed E-state index contributed by atoms with van der Waals surface area (Å²) in [5, 5.41) is 2.67. The predicted octanol–water partition coefficient (Wildman–Crippen LogP) is 1.68. The molecule has 1 amide bonds. The molecule has 0 atom stereocenters. The molecule has 0 aliphatic rings. The first-order valence-corrected chi connectivity index (χ1v) is 8.75. The second kappa shape index (κ2) is 7.73. The highest BCUT2D eigenvalue weighted by Crippen LogP contribution is 2.13. The van der Waals surface area contributed by atoms with E-state index in [2.05, 4.69) is 10.3 Å². The van der Waals surface area contributed by atoms with E-state index in [0.717, 1.165) is 0 Å². The van der Waals surface area contributed by atoms with Gasteiger partial charge in [0, 0.05) is 12.7 Å². The first-order valence-electron chi connectivity index (χ1n) is 7.09. The normalized spacial score (nSPS) is 11.0. The van der Waals surface area contributed by atoms with Crippen LogP contribution in [0, 0.1) is 0 Å². The molecular weight excluding hydrogens is 316 g/mol. The molecule has 0 aliphatic heterocycles. The average Bonchev–Trinajstić information content (AvgIpc) is 2.59. The number of pyridine rings is 1. The van der Waals surface area contributed by atoms with Gasteiger partial charge in [-0.15, -0.1) is 0 Å². The van der Waals surface area contributed by atoms with Gasteiger partial charge in [-0.2, -0.15) is 0 Å². The van der Waals surface area contributed by atoms with Gasteiger partial charge in [-0.25, -0.2) is 13.4 Å². The van der Waals surface area contributed by atoms with Crippen molar-refractivity contribution in [1.29, 1.82) is 0 Å². The summed E-state index contributed by atoms with van der Waals surface area (Å²) in [5.41, 5.74) is 0.320. The average molecular weight is 334 g/mol. The Hall–Kier alpha value is -2.41. The zero-order valence-corrected chi connectivity index (χ0v) is 13.5. The van der Waals surface area contributed by atoms with Crippen molar-refractivity contribution in [1.82, 2.24) is 10.3 Å². The summed E-state index contributed by atoms with van der Waals surface area (Å²) in [7, 11) is -1.89. The lowest BCUT2D eigenvalue weighted by Crippen LogP contribution is -2.26. The molecule has 2 rings (SSSR count). The Kier molecular flexibility index (Phi) is 5.70. The van der Waals surface area contributed by atoms with Crippen molar-refractivity contribution in [2.45, 2.75) is 11.3 Å². The summed E-state index contributed by atoms with van der Waals surface area (Å²) < 4.78 is 29.2. The number of nitrogens with zero attached hydrogens (tertiary/aromatic N) is 1. The van der Waals surface area contributed by atoms with Crippen LogP contribution in [0.2, 0.25) is 0 Å². The molecule has 0 radical (unpaired) electrons. The first kappa shape index (κ1) is 17.0. The summed E-state index contributed by atoms with van der Waals surface area (Å²) in [4.78, 5) is 16.3. The Bertz CT molecular complexity index is 761. The molecule has 1 aromatic heterocycles. The second-order valence-electron chi connectivity index (χ2n) is 4.80. The molecule has 122 valence electrons. The zero-order valence-electron chi connectivity index (χ0n) is 12.7. The highest BCUT2D eigenvalue weighted by Gasteiger charge is 2.15. The first-order chi connectivity index (χ1) is 11.0. The van der Waals surface area contributed by atoms with Crippen molar-refractivity contribution in [2.75, 3.05) is 19.4 Å². The van der Waals surface area contributed by atoms with Crippen molar-refractivity contribution in [2.24, 2.45) is 0 Å². The molecule has 0 unspecified atom stereocenters. The Morgan fingerprint density at radius 3 is 2.61 bits per heavy atom. The Morgan fingerprint density at radius 2 is 1.91 bits per heavy atom. The molecule has 0 fully saturated rings. The van der Waals surface area contributed by atoms with E-state index < -0.39 is 9.84 Å². The Morgan fingerprint density at radius 1 is 1.17 bits per heavy atom. The second-order valence-corrected chi connectivity index (χ2v) is 6.91. The van der Waals surface area contributed by atoms with Gasteiger partial charge in [0.2, 0.25) is 5.88 Å². The van der Waals surface area contributed by atoms with E-state index in [4.69, 9.17) is 4.74 Å². The van der Waals surface area contributed by atoms with Gasteiger partial charge < -0.3 is 10.1 Å². The van der Waals surface area contributed by atoms with Crippen LogP contribution in [0.15, 0.2) is 53.6 Å². The third-order valence-corrected chi connectivity index (χ3v) is 5.00. The Balaban J connectivity index is 1.87. The van der Waals surface area contributed by atoms with Crippen molar-refractivity contribution in [3.8, 4) is 5.88 Å². The lowest BCUT2D eigenvalue weighted by Gasteiger charge is -2.08. The fourth-order valence-electron chi connectivity index (χ4n) is 2.03. The molecule has 0 saturated heterocycles. The van der Waals surface area contributed by atoms with Crippen LogP contribution in [0.5, 0.6) is 5.88 Å². The fraction of sp³-hybridized carbons (Fsp3) is 0.250. The molecule has 0 saturated carbocycles. The van der Waals surface area contributed by atoms with Crippen molar-refractivity contribution >= 4 is 15.7 Å². The number of aromatic nitrogens is 1. The van der Waals surface area contributed by atoms with Crippen LogP contribution in [-0.2, 0) is 9.84 Å². The molecule has 0 aliphatic carbocycles. The number of benzene rings is 1. The third kappa shape index (κ3) is 4.53. The summed E-state index contributed by atoms with van der Waals surface area (Å²) in [6, 6.07) is 11.5. The summed E-state index contributed by atoms with van der Waals surface area (Å²) >= 11 is 0. The van der Waals surface area contributed by atoms with Crippen LogP contribution < -0.4 is 10.1 Å². The van der Waals surface area contributed by atoms with Crippen molar-refractivity contribution in [3.63, 3.8) is 0 Å². The van der Waals surface area contributed by atoms with Gasteiger partial charge in [-0.1, -0.05) is 18.2 Å². The monoisotopic (exact) mass is 334 g/mol. The van der Waals surface area contributed by atoms with E-state index in [1.54, 1.807) is 42.5 Å². The number of carbonyl (C=O) groups excluding carboxylic acids is 1. The summed E-state index contributed by atoms with van der Waals surface area (Å²) in [5.74, 6) is -0.129. The summed E-state index contributed by atoms with van der Waals surface area (Å²) in [6.45, 7) is 0.253. The summed E-state index contributed by atoms with van der Waals surface area (Å²) in [6.07, 6.45) is 1.85. The molecule has 1 N–H and O–H groups in total. The topological polar surface area (TPSA) is 85.4 Å². The zero-order chi connectivity index (χ0) is 16.7. The van der Waals surface area contributed by atoms with E-state index in [9.17, 15) is 13.2 Å². The minimum Gasteiger partial charge on any atom is -0.480 e. The molecule has 0 bridgehead atoms. The van der Waals surface area contributed by atoms with Gasteiger partial charge in [0.15, 0.2) is 9.84 Å². The molecule has 23 heavy (non-hydrogen) atoms. The van der Waals surface area contributed by atoms with Gasteiger partial charge in [0.1, 0.15) is 5.56 Å². The van der Waals surface area contributed by atoms with Crippen LogP contribution in [0.25, 0.3) is 0 Å². The predicted molar refractivity (Wildman–Crippen MR) is 86.2 cm³/mol. The SMILES string of the molecule is COc1ncccc1C(=O)NCCCS(=O)(=O)c1ccccc1. The molecule has 2 aromatic rings. The smallest absolute Gasteiger partial charge is 0.256 e. The van der Waals surface area contributed by atoms with Crippen LogP contribution in [0.3, 0.4) is 0 Å². The maximum Gasteiger partial charge on any atom is 0.256 e.